The van der Waals surface area contributed by atoms with Gasteiger partial charge in [-0.25, -0.2) is 4.98 Å². The minimum Gasteiger partial charge on any atom is -0.354 e. The molecule has 22 heavy (non-hydrogen) atoms. The minimum absolute atomic E-state index is 0.688. The summed E-state index contributed by atoms with van der Waals surface area (Å²) in [5.41, 5.74) is 3.17. The van der Waals surface area contributed by atoms with E-state index in [0.717, 1.165) is 34.6 Å². The predicted octanol–water partition coefficient (Wildman–Crippen LogP) is 5.20. The van der Waals surface area contributed by atoms with Crippen LogP contribution < -0.4 is 10.6 Å². The molecule has 118 valence electrons. The van der Waals surface area contributed by atoms with Gasteiger partial charge in [0, 0.05) is 28.5 Å². The summed E-state index contributed by atoms with van der Waals surface area (Å²) < 4.78 is 1.08. The highest BCUT2D eigenvalue weighted by Crippen LogP contribution is 2.23. The molecule has 5 heteroatoms. The largest absolute Gasteiger partial charge is 0.354 e. The number of halogens is 1. The minimum atomic E-state index is 0.688. The average molecular weight is 363 g/mol. The molecule has 0 unspecified atom stereocenters. The maximum absolute atomic E-state index is 4.54. The average Bonchev–Trinajstić information content (AvgIpc) is 2.46. The Balaban J connectivity index is 2.08. The number of unbranched alkanes of at least 4 members (excludes halogenated alkanes) is 2. The molecule has 0 aliphatic rings. The molecule has 0 radical (unpaired) electrons. The zero-order valence-corrected chi connectivity index (χ0v) is 15.0. The molecule has 0 fully saturated rings. The highest BCUT2D eigenvalue weighted by atomic mass is 79.9. The summed E-state index contributed by atoms with van der Waals surface area (Å²) in [5.74, 6) is 1.50. The van der Waals surface area contributed by atoms with E-state index in [-0.39, 0.29) is 0 Å². The van der Waals surface area contributed by atoms with E-state index in [4.69, 9.17) is 0 Å². The zero-order chi connectivity index (χ0) is 15.9. The second-order valence-electron chi connectivity index (χ2n) is 5.44. The van der Waals surface area contributed by atoms with Gasteiger partial charge in [0.25, 0.3) is 0 Å². The lowest BCUT2D eigenvalue weighted by Crippen LogP contribution is -2.07. The Labute approximate surface area is 140 Å². The third-order valence-corrected chi connectivity index (χ3v) is 3.86. The fourth-order valence-electron chi connectivity index (χ4n) is 2.19. The van der Waals surface area contributed by atoms with Gasteiger partial charge in [0.1, 0.15) is 5.82 Å². The van der Waals surface area contributed by atoms with Crippen molar-refractivity contribution >= 4 is 33.4 Å². The van der Waals surface area contributed by atoms with Crippen molar-refractivity contribution in [1.29, 1.82) is 0 Å². The molecule has 0 saturated heterocycles. The Morgan fingerprint density at radius 2 is 1.91 bits per heavy atom. The van der Waals surface area contributed by atoms with Gasteiger partial charge in [0.2, 0.25) is 5.95 Å². The molecular weight excluding hydrogens is 340 g/mol. The number of nitrogens with one attached hydrogen (secondary N) is 2. The number of benzene rings is 1. The number of aromatic nitrogens is 2. The molecule has 2 rings (SSSR count). The molecule has 0 saturated carbocycles. The molecule has 0 amide bonds. The molecule has 4 nitrogen and oxygen atoms in total. The number of rotatable bonds is 7. The first-order valence-corrected chi connectivity index (χ1v) is 8.50. The van der Waals surface area contributed by atoms with Crippen LogP contribution in [-0.4, -0.2) is 16.5 Å². The van der Waals surface area contributed by atoms with Crippen LogP contribution in [0.2, 0.25) is 0 Å². The van der Waals surface area contributed by atoms with E-state index in [2.05, 4.69) is 56.4 Å². The van der Waals surface area contributed by atoms with E-state index >= 15 is 0 Å². The van der Waals surface area contributed by atoms with Gasteiger partial charge < -0.3 is 10.6 Å². The van der Waals surface area contributed by atoms with Crippen LogP contribution in [0.25, 0.3) is 0 Å². The van der Waals surface area contributed by atoms with Crippen LogP contribution in [0.3, 0.4) is 0 Å². The quantitative estimate of drug-likeness (QED) is 0.664. The van der Waals surface area contributed by atoms with Crippen molar-refractivity contribution in [3.63, 3.8) is 0 Å². The van der Waals surface area contributed by atoms with Gasteiger partial charge in [0.15, 0.2) is 0 Å². The molecule has 0 atom stereocenters. The Morgan fingerprint density at radius 3 is 2.64 bits per heavy atom. The van der Waals surface area contributed by atoms with Crippen molar-refractivity contribution in [1.82, 2.24) is 9.97 Å². The van der Waals surface area contributed by atoms with E-state index in [0.29, 0.717) is 5.95 Å². The number of hydrogen-bond donors (Lipinski definition) is 2. The van der Waals surface area contributed by atoms with Gasteiger partial charge >= 0.3 is 0 Å². The SMILES string of the molecule is CCCCCNc1nc(C)cc(Nc2ccc(Br)cc2C)n1. The standard InChI is InChI=1S/C17H23BrN4/c1-4-5-6-9-19-17-20-13(3)11-16(22-17)21-15-8-7-14(18)10-12(15)2/h7-8,10-11H,4-6,9H2,1-3H3,(H2,19,20,21,22). The Kier molecular flexibility index (Phi) is 6.19. The second kappa shape index (κ2) is 8.13. The smallest absolute Gasteiger partial charge is 0.224 e. The van der Waals surface area contributed by atoms with Crippen LogP contribution in [0, 0.1) is 13.8 Å². The third-order valence-electron chi connectivity index (χ3n) is 3.37. The fourth-order valence-corrected chi connectivity index (χ4v) is 2.67. The van der Waals surface area contributed by atoms with Crippen LogP contribution in [-0.2, 0) is 0 Å². The monoisotopic (exact) mass is 362 g/mol. The first kappa shape index (κ1) is 16.7. The molecule has 0 bridgehead atoms. The van der Waals surface area contributed by atoms with Gasteiger partial charge in [-0.2, -0.15) is 4.98 Å². The molecule has 0 spiro atoms. The number of aryl methyl sites for hydroxylation is 2. The summed E-state index contributed by atoms with van der Waals surface area (Å²) in [6.07, 6.45) is 3.58. The predicted molar refractivity (Wildman–Crippen MR) is 96.9 cm³/mol. The third kappa shape index (κ3) is 4.98. The van der Waals surface area contributed by atoms with E-state index in [1.54, 1.807) is 0 Å². The summed E-state index contributed by atoms with van der Waals surface area (Å²) in [6.45, 7) is 7.17. The van der Waals surface area contributed by atoms with Crippen molar-refractivity contribution in [2.24, 2.45) is 0 Å². The second-order valence-corrected chi connectivity index (χ2v) is 6.35. The topological polar surface area (TPSA) is 49.8 Å². The highest BCUT2D eigenvalue weighted by Gasteiger charge is 2.04. The normalized spacial score (nSPS) is 10.5. The number of anilines is 3. The van der Waals surface area contributed by atoms with Gasteiger partial charge in [-0.3, -0.25) is 0 Å². The highest BCUT2D eigenvalue weighted by molar-refractivity contribution is 9.10. The maximum Gasteiger partial charge on any atom is 0.224 e. The lowest BCUT2D eigenvalue weighted by Gasteiger charge is -2.12. The lowest BCUT2D eigenvalue weighted by atomic mass is 10.2. The first-order valence-electron chi connectivity index (χ1n) is 7.71. The van der Waals surface area contributed by atoms with Crippen LogP contribution in [0.5, 0.6) is 0 Å². The molecule has 2 aromatic rings. The summed E-state index contributed by atoms with van der Waals surface area (Å²) in [7, 11) is 0. The van der Waals surface area contributed by atoms with Crippen molar-refractivity contribution in [3.8, 4) is 0 Å². The van der Waals surface area contributed by atoms with Gasteiger partial charge in [-0.15, -0.1) is 0 Å². The van der Waals surface area contributed by atoms with Crippen molar-refractivity contribution in [2.45, 2.75) is 40.0 Å². The Hall–Kier alpha value is -1.62. The fraction of sp³-hybridized carbons (Fsp3) is 0.412. The van der Waals surface area contributed by atoms with E-state index in [1.165, 1.54) is 18.4 Å². The molecule has 1 aromatic heterocycles. The molecule has 1 heterocycles. The summed E-state index contributed by atoms with van der Waals surface area (Å²) >= 11 is 3.48. The zero-order valence-electron chi connectivity index (χ0n) is 13.4. The van der Waals surface area contributed by atoms with Crippen molar-refractivity contribution < 1.29 is 0 Å². The van der Waals surface area contributed by atoms with E-state index < -0.39 is 0 Å². The lowest BCUT2D eigenvalue weighted by molar-refractivity contribution is 0.740. The molecule has 1 aromatic carbocycles. The van der Waals surface area contributed by atoms with E-state index in [1.807, 2.05) is 25.1 Å². The molecule has 0 aliphatic heterocycles. The van der Waals surface area contributed by atoms with Gasteiger partial charge in [-0.05, 0) is 44.0 Å². The molecule has 0 aliphatic carbocycles. The summed E-state index contributed by atoms with van der Waals surface area (Å²) in [5, 5.41) is 6.67. The maximum atomic E-state index is 4.54. The van der Waals surface area contributed by atoms with Crippen molar-refractivity contribution in [2.75, 3.05) is 17.2 Å². The summed E-state index contributed by atoms with van der Waals surface area (Å²) in [4.78, 5) is 8.98. The Morgan fingerprint density at radius 1 is 1.09 bits per heavy atom. The van der Waals surface area contributed by atoms with Gasteiger partial charge in [-0.1, -0.05) is 35.7 Å². The first-order chi connectivity index (χ1) is 10.6. The molecular formula is C17H23BrN4. The van der Waals surface area contributed by atoms with Crippen LogP contribution in [0.4, 0.5) is 17.5 Å². The summed E-state index contributed by atoms with van der Waals surface area (Å²) in [6, 6.07) is 8.11. The van der Waals surface area contributed by atoms with Crippen molar-refractivity contribution in [3.05, 3.63) is 40.0 Å². The number of hydrogen-bond acceptors (Lipinski definition) is 4. The van der Waals surface area contributed by atoms with Crippen LogP contribution in [0.1, 0.15) is 37.4 Å². The van der Waals surface area contributed by atoms with Crippen LogP contribution >= 0.6 is 15.9 Å². The van der Waals surface area contributed by atoms with Crippen LogP contribution in [0.15, 0.2) is 28.7 Å². The van der Waals surface area contributed by atoms with E-state index in [9.17, 15) is 0 Å². The Bertz CT molecular complexity index is 628. The van der Waals surface area contributed by atoms with Gasteiger partial charge in [0.05, 0.1) is 0 Å². The number of nitrogens with zero attached hydrogens (tertiary/aromatic N) is 2. The molecule has 2 N–H and O–H groups in total.